The van der Waals surface area contributed by atoms with Crippen LogP contribution in [0.1, 0.15) is 86.2 Å². The molecule has 1 aromatic carbocycles. The number of primary amides is 2. The van der Waals surface area contributed by atoms with Crippen LogP contribution in [-0.2, 0) is 30.9 Å². The zero-order chi connectivity index (χ0) is 45.3. The molecule has 1 spiro atoms. The number of imidazole rings is 2. The van der Waals surface area contributed by atoms with Crippen molar-refractivity contribution < 1.29 is 28.7 Å². The van der Waals surface area contributed by atoms with Crippen molar-refractivity contribution in [1.82, 2.24) is 48.5 Å². The van der Waals surface area contributed by atoms with Gasteiger partial charge in [0.25, 0.3) is 11.8 Å². The second-order valence-electron chi connectivity index (χ2n) is 16.2. The van der Waals surface area contributed by atoms with Crippen molar-refractivity contribution in [2.75, 3.05) is 55.8 Å². The van der Waals surface area contributed by atoms with Crippen LogP contribution in [0.15, 0.2) is 42.6 Å². The van der Waals surface area contributed by atoms with Gasteiger partial charge in [0.05, 0.1) is 28.2 Å². The molecule has 0 atom stereocenters. The third-order valence-corrected chi connectivity index (χ3v) is 12.0. The fraction of sp³-hybridized carbons (Fsp3) is 0.419. The second-order valence-corrected chi connectivity index (χ2v) is 16.2. The number of nitrogens with one attached hydrogen (secondary N) is 2. The van der Waals surface area contributed by atoms with E-state index in [1.54, 1.807) is 38.9 Å². The molecule has 21 nitrogen and oxygen atoms in total. The van der Waals surface area contributed by atoms with Gasteiger partial charge in [0.1, 0.15) is 34.8 Å². The van der Waals surface area contributed by atoms with Gasteiger partial charge in [-0.15, -0.1) is 0 Å². The number of nitrogens with zero attached hydrogens (tertiary/aromatic N) is 10. The fourth-order valence-corrected chi connectivity index (χ4v) is 8.60. The standard InChI is InChI=1S/C43H53N15O6/c1-5-57-31(19-25(3)52-57)39(61)50-41-48-29-20-27(36(45)59)22-32(64-18-15-54-14-9-43(24-54)10-16-63-17-11-43)34(29)55(41)12-7-8-13-56-38-30(21-28(23-47-38)37(46)60)49-42(56)51-40(62)35-33(44)26(4)53-58(35)6-2/h7-8,19-23H,5-6,9-18,24,44H2,1-4H3,(H2,45,59)(H2,46,60)(H,48,50,61)(H,49,51,62)/b8-7+. The number of carbonyl (C=O) groups excluding carboxylic acids is 4. The lowest BCUT2D eigenvalue weighted by Crippen LogP contribution is -2.34. The Hall–Kier alpha value is -7.13. The van der Waals surface area contributed by atoms with Gasteiger partial charge in [0.2, 0.25) is 23.7 Å². The highest BCUT2D eigenvalue weighted by Gasteiger charge is 2.39. The number of nitrogen functional groups attached to an aromatic ring is 1. The number of fused-ring (bicyclic) bond motifs is 2. The molecule has 4 amide bonds. The first-order valence-corrected chi connectivity index (χ1v) is 21.4. The Labute approximate surface area is 367 Å². The van der Waals surface area contributed by atoms with Gasteiger partial charge in [-0.1, -0.05) is 12.2 Å². The maximum absolute atomic E-state index is 13.9. The summed E-state index contributed by atoms with van der Waals surface area (Å²) >= 11 is 0. The average molecular weight is 876 g/mol. The number of rotatable bonds is 16. The molecule has 5 aromatic heterocycles. The van der Waals surface area contributed by atoms with Gasteiger partial charge in [0.15, 0.2) is 5.65 Å². The molecule has 6 aromatic rings. The molecule has 336 valence electrons. The number of aryl methyl sites for hydroxylation is 4. The maximum Gasteiger partial charge on any atom is 0.278 e. The molecule has 7 heterocycles. The summed E-state index contributed by atoms with van der Waals surface area (Å²) in [6.07, 6.45) is 8.24. The molecule has 64 heavy (non-hydrogen) atoms. The Bertz CT molecular complexity index is 2810. The average Bonchev–Trinajstić information content (AvgIpc) is 4.08. The van der Waals surface area contributed by atoms with Gasteiger partial charge >= 0.3 is 0 Å². The highest BCUT2D eigenvalue weighted by atomic mass is 16.5. The molecule has 8 N–H and O–H groups in total. The maximum atomic E-state index is 13.9. The van der Waals surface area contributed by atoms with Crippen LogP contribution in [-0.4, -0.2) is 112 Å². The Balaban J connectivity index is 1.12. The number of nitrogens with two attached hydrogens (primary N) is 3. The van der Waals surface area contributed by atoms with Crippen molar-refractivity contribution in [2.45, 2.75) is 73.1 Å². The van der Waals surface area contributed by atoms with Crippen molar-refractivity contribution in [3.8, 4) is 5.75 Å². The zero-order valence-electron chi connectivity index (χ0n) is 36.4. The van der Waals surface area contributed by atoms with E-state index in [2.05, 4.69) is 35.7 Å². The van der Waals surface area contributed by atoms with Crippen LogP contribution in [0, 0.1) is 19.3 Å². The predicted octanol–water partition coefficient (Wildman–Crippen LogP) is 3.25. The van der Waals surface area contributed by atoms with Gasteiger partial charge in [0, 0.05) is 64.2 Å². The zero-order valence-corrected chi connectivity index (χ0v) is 36.4. The first-order valence-electron chi connectivity index (χ1n) is 21.4. The van der Waals surface area contributed by atoms with Crippen LogP contribution in [0.3, 0.4) is 0 Å². The summed E-state index contributed by atoms with van der Waals surface area (Å²) in [5.41, 5.74) is 21.8. The van der Waals surface area contributed by atoms with E-state index in [4.69, 9.17) is 31.7 Å². The van der Waals surface area contributed by atoms with Crippen molar-refractivity contribution in [3.63, 3.8) is 0 Å². The van der Waals surface area contributed by atoms with Crippen LogP contribution < -0.4 is 32.6 Å². The summed E-state index contributed by atoms with van der Waals surface area (Å²) < 4.78 is 18.7. The number of carbonyl (C=O) groups is 4. The van der Waals surface area contributed by atoms with Gasteiger partial charge in [-0.3, -0.25) is 48.6 Å². The lowest BCUT2D eigenvalue weighted by Gasteiger charge is -2.33. The molecule has 2 aliphatic rings. The van der Waals surface area contributed by atoms with Crippen LogP contribution in [0.4, 0.5) is 17.6 Å². The number of anilines is 3. The van der Waals surface area contributed by atoms with Crippen molar-refractivity contribution >= 4 is 63.4 Å². The largest absolute Gasteiger partial charge is 0.490 e. The molecule has 0 unspecified atom stereocenters. The first kappa shape index (κ1) is 43.5. The quantitative estimate of drug-likeness (QED) is 0.0875. The molecule has 0 aliphatic carbocycles. The minimum atomic E-state index is -0.681. The van der Waals surface area contributed by atoms with E-state index in [0.717, 1.165) is 45.6 Å². The van der Waals surface area contributed by atoms with Crippen molar-refractivity contribution in [1.29, 1.82) is 0 Å². The number of aromatic nitrogens is 9. The molecule has 0 saturated carbocycles. The minimum absolute atomic E-state index is 0.138. The van der Waals surface area contributed by atoms with Crippen LogP contribution >= 0.6 is 0 Å². The summed E-state index contributed by atoms with van der Waals surface area (Å²) in [5.74, 6) is -1.58. The number of allylic oxidation sites excluding steroid dienone is 2. The van der Waals surface area contributed by atoms with E-state index in [9.17, 15) is 19.2 Å². The number of ether oxygens (including phenoxy) is 2. The third kappa shape index (κ3) is 8.63. The van der Waals surface area contributed by atoms with Gasteiger partial charge in [-0.05, 0) is 83.2 Å². The summed E-state index contributed by atoms with van der Waals surface area (Å²) in [6, 6.07) is 6.39. The lowest BCUT2D eigenvalue weighted by atomic mass is 9.80. The molecule has 0 bridgehead atoms. The van der Waals surface area contributed by atoms with Crippen LogP contribution in [0.5, 0.6) is 5.75 Å². The number of hydrogen-bond donors (Lipinski definition) is 5. The SMILES string of the molecule is CCn1nc(C)cc1C(=O)Nc1nc2cc(C(N)=O)cc(OCCN3CCC4(CCOCC4)C3)c2n1C/C=C/Cn1c(NC(=O)c2c(N)c(C)nn2CC)nc2cc(C(N)=O)cnc21. The molecule has 2 fully saturated rings. The summed E-state index contributed by atoms with van der Waals surface area (Å²) in [6.45, 7) is 13.0. The Morgan fingerprint density at radius 1 is 0.844 bits per heavy atom. The van der Waals surface area contributed by atoms with Crippen molar-refractivity contribution in [3.05, 3.63) is 76.5 Å². The Morgan fingerprint density at radius 2 is 1.52 bits per heavy atom. The van der Waals surface area contributed by atoms with Gasteiger partial charge in [-0.25, -0.2) is 15.0 Å². The normalized spacial score (nSPS) is 15.2. The summed E-state index contributed by atoms with van der Waals surface area (Å²) in [4.78, 5) is 68.5. The van der Waals surface area contributed by atoms with Crippen LogP contribution in [0.2, 0.25) is 0 Å². The van der Waals surface area contributed by atoms with E-state index < -0.39 is 23.6 Å². The monoisotopic (exact) mass is 875 g/mol. The smallest absolute Gasteiger partial charge is 0.278 e. The molecule has 2 saturated heterocycles. The minimum Gasteiger partial charge on any atom is -0.490 e. The number of hydrogen-bond acceptors (Lipinski definition) is 13. The Morgan fingerprint density at radius 3 is 2.23 bits per heavy atom. The molecular formula is C43H53N15O6. The number of likely N-dealkylation sites (tertiary alicyclic amines) is 1. The predicted molar refractivity (Wildman–Crippen MR) is 238 cm³/mol. The topological polar surface area (TPSA) is 276 Å². The highest BCUT2D eigenvalue weighted by molar-refractivity contribution is 6.07. The molecular weight excluding hydrogens is 823 g/mol. The third-order valence-electron chi connectivity index (χ3n) is 12.0. The summed E-state index contributed by atoms with van der Waals surface area (Å²) in [7, 11) is 0. The number of pyridine rings is 1. The lowest BCUT2D eigenvalue weighted by molar-refractivity contribution is 0.0189. The molecule has 2 aliphatic heterocycles. The van der Waals surface area contributed by atoms with Gasteiger partial charge < -0.3 is 31.2 Å². The van der Waals surface area contributed by atoms with E-state index in [0.29, 0.717) is 71.3 Å². The van der Waals surface area contributed by atoms with Crippen LogP contribution in [0.25, 0.3) is 22.2 Å². The van der Waals surface area contributed by atoms with Crippen molar-refractivity contribution in [2.24, 2.45) is 16.9 Å². The van der Waals surface area contributed by atoms with E-state index in [-0.39, 0.29) is 52.9 Å². The molecule has 21 heteroatoms. The van der Waals surface area contributed by atoms with E-state index in [1.165, 1.54) is 16.9 Å². The highest BCUT2D eigenvalue weighted by Crippen LogP contribution is 2.39. The van der Waals surface area contributed by atoms with E-state index >= 15 is 0 Å². The first-order chi connectivity index (χ1) is 30.8. The fourth-order valence-electron chi connectivity index (χ4n) is 8.60. The van der Waals surface area contributed by atoms with E-state index in [1.807, 2.05) is 32.9 Å². The number of amides is 4. The summed E-state index contributed by atoms with van der Waals surface area (Å²) in [5, 5.41) is 14.6. The second kappa shape index (κ2) is 17.9. The van der Waals surface area contributed by atoms with Gasteiger partial charge in [-0.2, -0.15) is 10.2 Å². The Kier molecular flexibility index (Phi) is 12.2. The molecule has 8 rings (SSSR count). The number of benzene rings is 1. The molecule has 0 radical (unpaired) electrons.